The van der Waals surface area contributed by atoms with Crippen LogP contribution in [0.1, 0.15) is 56.8 Å². The van der Waals surface area contributed by atoms with E-state index in [2.05, 4.69) is 10.1 Å². The smallest absolute Gasteiger partial charge is 0.321 e. The van der Waals surface area contributed by atoms with Gasteiger partial charge in [0.25, 0.3) is 0 Å². The lowest BCUT2D eigenvalue weighted by atomic mass is 9.68. The molecular weight excluding hydrogens is 248 g/mol. The minimum Gasteiger partial charge on any atom is -0.465 e. The molecule has 6 heteroatoms. The summed E-state index contributed by atoms with van der Waals surface area (Å²) in [4.78, 5) is 16.5. The Balaban J connectivity index is 1.82. The summed E-state index contributed by atoms with van der Waals surface area (Å²) >= 11 is 0. The van der Waals surface area contributed by atoms with Crippen molar-refractivity contribution in [2.45, 2.75) is 50.5 Å². The minimum atomic E-state index is -0.708. The van der Waals surface area contributed by atoms with Gasteiger partial charge in [0.15, 0.2) is 0 Å². The first kappa shape index (κ1) is 12.6. The maximum atomic E-state index is 12.1. The SMILES string of the molecule is CCOC(=O)C1(c2nc(C3CCCO3)no2)CCC1. The molecule has 1 unspecified atom stereocenters. The zero-order valence-corrected chi connectivity index (χ0v) is 11.1. The largest absolute Gasteiger partial charge is 0.465 e. The van der Waals surface area contributed by atoms with Gasteiger partial charge in [-0.15, -0.1) is 0 Å². The van der Waals surface area contributed by atoms with Crippen molar-refractivity contribution in [3.05, 3.63) is 11.7 Å². The Labute approximate surface area is 111 Å². The third-order valence-electron chi connectivity index (χ3n) is 3.94. The summed E-state index contributed by atoms with van der Waals surface area (Å²) in [5.74, 6) is 0.703. The molecule has 0 radical (unpaired) electrons. The number of rotatable bonds is 4. The normalized spacial score (nSPS) is 25.0. The fraction of sp³-hybridized carbons (Fsp3) is 0.769. The zero-order valence-electron chi connectivity index (χ0n) is 11.1. The molecule has 2 aliphatic rings. The molecule has 0 amide bonds. The number of esters is 1. The van der Waals surface area contributed by atoms with E-state index >= 15 is 0 Å². The first-order valence-corrected chi connectivity index (χ1v) is 6.89. The Kier molecular flexibility index (Phi) is 3.26. The first-order valence-electron chi connectivity index (χ1n) is 6.89. The van der Waals surface area contributed by atoms with Crippen molar-refractivity contribution < 1.29 is 18.8 Å². The molecule has 0 bridgehead atoms. The van der Waals surface area contributed by atoms with Crippen molar-refractivity contribution in [3.8, 4) is 0 Å². The van der Waals surface area contributed by atoms with Crippen LogP contribution in [-0.4, -0.2) is 29.3 Å². The Hall–Kier alpha value is -1.43. The van der Waals surface area contributed by atoms with Gasteiger partial charge in [-0.05, 0) is 32.6 Å². The summed E-state index contributed by atoms with van der Waals surface area (Å²) in [7, 11) is 0. The van der Waals surface area contributed by atoms with Crippen LogP contribution in [0.2, 0.25) is 0 Å². The molecule has 2 fully saturated rings. The van der Waals surface area contributed by atoms with Gasteiger partial charge in [0.1, 0.15) is 11.5 Å². The molecule has 104 valence electrons. The molecule has 6 nitrogen and oxygen atoms in total. The second kappa shape index (κ2) is 4.92. The van der Waals surface area contributed by atoms with Crippen LogP contribution in [0.5, 0.6) is 0 Å². The van der Waals surface area contributed by atoms with E-state index in [0.717, 1.165) is 38.7 Å². The molecule has 1 atom stereocenters. The predicted molar refractivity (Wildman–Crippen MR) is 64.4 cm³/mol. The van der Waals surface area contributed by atoms with E-state index in [1.807, 2.05) is 0 Å². The molecule has 1 aliphatic heterocycles. The van der Waals surface area contributed by atoms with E-state index in [4.69, 9.17) is 14.0 Å². The summed E-state index contributed by atoms with van der Waals surface area (Å²) in [6.07, 6.45) is 4.26. The standard InChI is InChI=1S/C13H18N2O4/c1-2-17-12(16)13(6-4-7-13)11-14-10(15-19-11)9-5-3-8-18-9/h9H,2-8H2,1H3. The monoisotopic (exact) mass is 266 g/mol. The first-order chi connectivity index (χ1) is 9.26. The maximum absolute atomic E-state index is 12.1. The fourth-order valence-corrected chi connectivity index (χ4v) is 2.65. The van der Waals surface area contributed by atoms with Crippen LogP contribution in [0.3, 0.4) is 0 Å². The summed E-state index contributed by atoms with van der Waals surface area (Å²) in [6, 6.07) is 0. The molecule has 1 aromatic rings. The lowest BCUT2D eigenvalue weighted by Crippen LogP contribution is -2.44. The van der Waals surface area contributed by atoms with Gasteiger partial charge in [0.2, 0.25) is 11.7 Å². The van der Waals surface area contributed by atoms with E-state index in [9.17, 15) is 4.79 Å². The third-order valence-corrected chi connectivity index (χ3v) is 3.94. The number of hydrogen-bond donors (Lipinski definition) is 0. The Morgan fingerprint density at radius 2 is 2.32 bits per heavy atom. The van der Waals surface area contributed by atoms with Crippen molar-refractivity contribution in [1.29, 1.82) is 0 Å². The number of aromatic nitrogens is 2. The fourth-order valence-electron chi connectivity index (χ4n) is 2.65. The number of nitrogens with zero attached hydrogens (tertiary/aromatic N) is 2. The van der Waals surface area contributed by atoms with Crippen LogP contribution in [-0.2, 0) is 19.7 Å². The Morgan fingerprint density at radius 1 is 1.47 bits per heavy atom. The second-order valence-corrected chi connectivity index (χ2v) is 5.12. The minimum absolute atomic E-state index is 0.0863. The molecule has 19 heavy (non-hydrogen) atoms. The van der Waals surface area contributed by atoms with Gasteiger partial charge >= 0.3 is 5.97 Å². The highest BCUT2D eigenvalue weighted by atomic mass is 16.5. The van der Waals surface area contributed by atoms with Gasteiger partial charge in [-0.2, -0.15) is 4.98 Å². The average Bonchev–Trinajstić information content (AvgIpc) is 2.97. The predicted octanol–water partition coefficient (Wildman–Crippen LogP) is 1.91. The molecule has 1 saturated heterocycles. The second-order valence-electron chi connectivity index (χ2n) is 5.12. The van der Waals surface area contributed by atoms with Crippen LogP contribution in [0, 0.1) is 0 Å². The van der Waals surface area contributed by atoms with Crippen LogP contribution >= 0.6 is 0 Å². The van der Waals surface area contributed by atoms with E-state index in [-0.39, 0.29) is 12.1 Å². The number of carbonyl (C=O) groups is 1. The van der Waals surface area contributed by atoms with Gasteiger partial charge in [-0.1, -0.05) is 11.6 Å². The molecule has 2 heterocycles. The summed E-state index contributed by atoms with van der Waals surface area (Å²) in [5, 5.41) is 3.97. The van der Waals surface area contributed by atoms with Crippen molar-refractivity contribution in [3.63, 3.8) is 0 Å². The van der Waals surface area contributed by atoms with Gasteiger partial charge in [0, 0.05) is 6.61 Å². The summed E-state index contributed by atoms with van der Waals surface area (Å²) < 4.78 is 16.0. The highest BCUT2D eigenvalue weighted by molar-refractivity contribution is 5.83. The van der Waals surface area contributed by atoms with Crippen molar-refractivity contribution in [1.82, 2.24) is 10.1 Å². The quantitative estimate of drug-likeness (QED) is 0.775. The van der Waals surface area contributed by atoms with Crippen molar-refractivity contribution in [2.24, 2.45) is 0 Å². The van der Waals surface area contributed by atoms with E-state index in [1.165, 1.54) is 0 Å². The lowest BCUT2D eigenvalue weighted by molar-refractivity contribution is -0.155. The summed E-state index contributed by atoms with van der Waals surface area (Å²) in [5.41, 5.74) is -0.708. The van der Waals surface area contributed by atoms with Gasteiger partial charge in [0.05, 0.1) is 6.61 Å². The summed E-state index contributed by atoms with van der Waals surface area (Å²) in [6.45, 7) is 2.90. The molecule has 0 aromatic carbocycles. The highest BCUT2D eigenvalue weighted by Crippen LogP contribution is 2.44. The van der Waals surface area contributed by atoms with Crippen LogP contribution in [0.25, 0.3) is 0 Å². The van der Waals surface area contributed by atoms with Gasteiger partial charge in [-0.3, -0.25) is 4.79 Å². The number of carbonyl (C=O) groups excluding carboxylic acids is 1. The number of hydrogen-bond acceptors (Lipinski definition) is 6. The van der Waals surface area contributed by atoms with Crippen LogP contribution in [0.15, 0.2) is 4.52 Å². The molecule has 1 aromatic heterocycles. The third kappa shape index (κ3) is 2.04. The van der Waals surface area contributed by atoms with Crippen molar-refractivity contribution in [2.75, 3.05) is 13.2 Å². The van der Waals surface area contributed by atoms with Crippen LogP contribution < -0.4 is 0 Å². The molecule has 1 saturated carbocycles. The van der Waals surface area contributed by atoms with Crippen molar-refractivity contribution >= 4 is 5.97 Å². The maximum Gasteiger partial charge on any atom is 0.321 e. The van der Waals surface area contributed by atoms with E-state index in [0.29, 0.717) is 18.3 Å². The Morgan fingerprint density at radius 3 is 2.89 bits per heavy atom. The molecular formula is C13H18N2O4. The molecule has 0 N–H and O–H groups in total. The molecule has 1 aliphatic carbocycles. The van der Waals surface area contributed by atoms with Crippen LogP contribution in [0.4, 0.5) is 0 Å². The lowest BCUT2D eigenvalue weighted by Gasteiger charge is -2.35. The average molecular weight is 266 g/mol. The molecule has 0 spiro atoms. The molecule has 3 rings (SSSR count). The Bertz CT molecular complexity index is 461. The van der Waals surface area contributed by atoms with E-state index < -0.39 is 5.41 Å². The number of ether oxygens (including phenoxy) is 2. The van der Waals surface area contributed by atoms with Gasteiger partial charge in [-0.25, -0.2) is 0 Å². The topological polar surface area (TPSA) is 74.5 Å². The van der Waals surface area contributed by atoms with Gasteiger partial charge < -0.3 is 14.0 Å². The van der Waals surface area contributed by atoms with E-state index in [1.54, 1.807) is 6.92 Å². The highest BCUT2D eigenvalue weighted by Gasteiger charge is 2.52. The zero-order chi connectivity index (χ0) is 13.3.